The molecule has 2 nitrogen and oxygen atoms in total. The van der Waals surface area contributed by atoms with E-state index in [0.29, 0.717) is 12.4 Å². The SMILES string of the molecule is CCCOC(=O)CSCc1ccccc1. The lowest BCUT2D eigenvalue weighted by molar-refractivity contribution is -0.140. The summed E-state index contributed by atoms with van der Waals surface area (Å²) in [5.74, 6) is 1.19. The smallest absolute Gasteiger partial charge is 0.315 e. The number of thioether (sulfide) groups is 1. The molecule has 0 radical (unpaired) electrons. The summed E-state index contributed by atoms with van der Waals surface area (Å²) in [5, 5.41) is 0. The van der Waals surface area contributed by atoms with Crippen molar-refractivity contribution in [3.63, 3.8) is 0 Å². The van der Waals surface area contributed by atoms with Gasteiger partial charge in [-0.25, -0.2) is 0 Å². The average molecular weight is 224 g/mol. The first-order chi connectivity index (χ1) is 7.33. The summed E-state index contributed by atoms with van der Waals surface area (Å²) in [5.41, 5.74) is 1.24. The molecule has 82 valence electrons. The van der Waals surface area contributed by atoms with E-state index in [4.69, 9.17) is 4.74 Å². The maximum absolute atomic E-state index is 11.1. The van der Waals surface area contributed by atoms with E-state index in [2.05, 4.69) is 12.1 Å². The van der Waals surface area contributed by atoms with Gasteiger partial charge >= 0.3 is 5.97 Å². The number of carbonyl (C=O) groups excluding carboxylic acids is 1. The molecule has 0 atom stereocenters. The fourth-order valence-corrected chi connectivity index (χ4v) is 1.86. The minimum atomic E-state index is -0.113. The summed E-state index contributed by atoms with van der Waals surface area (Å²) in [7, 11) is 0. The Hall–Kier alpha value is -0.960. The molecule has 0 bridgehead atoms. The van der Waals surface area contributed by atoms with E-state index in [-0.39, 0.29) is 5.97 Å². The van der Waals surface area contributed by atoms with Gasteiger partial charge in [0.2, 0.25) is 0 Å². The van der Waals surface area contributed by atoms with Gasteiger partial charge < -0.3 is 4.74 Å². The Morgan fingerprint density at radius 1 is 1.33 bits per heavy atom. The van der Waals surface area contributed by atoms with Gasteiger partial charge in [0.25, 0.3) is 0 Å². The van der Waals surface area contributed by atoms with E-state index in [9.17, 15) is 4.79 Å². The van der Waals surface area contributed by atoms with E-state index in [1.807, 2.05) is 25.1 Å². The zero-order chi connectivity index (χ0) is 10.9. The van der Waals surface area contributed by atoms with E-state index in [1.165, 1.54) is 5.56 Å². The standard InChI is InChI=1S/C12H16O2S/c1-2-8-14-12(13)10-15-9-11-6-4-3-5-7-11/h3-7H,2,8-10H2,1H3. The Kier molecular flexibility index (Phi) is 5.93. The van der Waals surface area contributed by atoms with Gasteiger partial charge in [-0.1, -0.05) is 37.3 Å². The Labute approximate surface area is 95.0 Å². The van der Waals surface area contributed by atoms with Gasteiger partial charge in [0, 0.05) is 5.75 Å². The summed E-state index contributed by atoms with van der Waals surface area (Å²) in [6.45, 7) is 2.52. The highest BCUT2D eigenvalue weighted by Crippen LogP contribution is 2.11. The monoisotopic (exact) mass is 224 g/mol. The van der Waals surface area contributed by atoms with E-state index in [0.717, 1.165) is 12.2 Å². The summed E-state index contributed by atoms with van der Waals surface area (Å²) in [6.07, 6.45) is 0.884. The highest BCUT2D eigenvalue weighted by atomic mass is 32.2. The molecular weight excluding hydrogens is 208 g/mol. The normalized spacial score (nSPS) is 9.93. The van der Waals surface area contributed by atoms with Crippen LogP contribution < -0.4 is 0 Å². The number of hydrogen-bond acceptors (Lipinski definition) is 3. The molecule has 1 aromatic carbocycles. The van der Waals surface area contributed by atoms with Crippen molar-refractivity contribution in [2.75, 3.05) is 12.4 Å². The molecule has 0 aliphatic carbocycles. The van der Waals surface area contributed by atoms with Crippen molar-refractivity contribution < 1.29 is 9.53 Å². The largest absolute Gasteiger partial charge is 0.465 e. The topological polar surface area (TPSA) is 26.3 Å². The fraction of sp³-hybridized carbons (Fsp3) is 0.417. The van der Waals surface area contributed by atoms with Crippen LogP contribution in [0, 0.1) is 0 Å². The van der Waals surface area contributed by atoms with Crippen LogP contribution in [0.25, 0.3) is 0 Å². The molecule has 3 heteroatoms. The first-order valence-corrected chi connectivity index (χ1v) is 6.25. The molecule has 0 saturated carbocycles. The third kappa shape index (κ3) is 5.47. The number of benzene rings is 1. The lowest BCUT2D eigenvalue weighted by Gasteiger charge is -2.03. The first kappa shape index (κ1) is 12.1. The van der Waals surface area contributed by atoms with Crippen LogP contribution in [0.15, 0.2) is 30.3 Å². The van der Waals surface area contributed by atoms with Crippen LogP contribution in [-0.2, 0) is 15.3 Å². The highest BCUT2D eigenvalue weighted by molar-refractivity contribution is 7.99. The second-order valence-electron chi connectivity index (χ2n) is 3.20. The summed E-state index contributed by atoms with van der Waals surface area (Å²) in [4.78, 5) is 11.1. The van der Waals surface area contributed by atoms with Gasteiger partial charge in [-0.15, -0.1) is 11.8 Å². The second-order valence-corrected chi connectivity index (χ2v) is 4.18. The van der Waals surface area contributed by atoms with E-state index >= 15 is 0 Å². The maximum Gasteiger partial charge on any atom is 0.315 e. The molecule has 0 unspecified atom stereocenters. The maximum atomic E-state index is 11.1. The molecule has 0 amide bonds. The predicted molar refractivity (Wildman–Crippen MR) is 63.9 cm³/mol. The van der Waals surface area contributed by atoms with E-state index < -0.39 is 0 Å². The second kappa shape index (κ2) is 7.35. The molecule has 0 heterocycles. The van der Waals surface area contributed by atoms with Crippen LogP contribution in [0.2, 0.25) is 0 Å². The van der Waals surface area contributed by atoms with Gasteiger partial charge in [0.15, 0.2) is 0 Å². The van der Waals surface area contributed by atoms with Crippen molar-refractivity contribution in [2.24, 2.45) is 0 Å². The van der Waals surface area contributed by atoms with Gasteiger partial charge in [-0.3, -0.25) is 4.79 Å². The van der Waals surface area contributed by atoms with Crippen molar-refractivity contribution in [1.29, 1.82) is 0 Å². The van der Waals surface area contributed by atoms with Crippen molar-refractivity contribution in [1.82, 2.24) is 0 Å². The van der Waals surface area contributed by atoms with Crippen LogP contribution in [-0.4, -0.2) is 18.3 Å². The van der Waals surface area contributed by atoms with Gasteiger partial charge in [-0.05, 0) is 12.0 Å². The lowest BCUT2D eigenvalue weighted by atomic mass is 10.2. The fourth-order valence-electron chi connectivity index (χ4n) is 1.08. The summed E-state index contributed by atoms with van der Waals surface area (Å²) in [6, 6.07) is 10.1. The van der Waals surface area contributed by atoms with Crippen molar-refractivity contribution in [3.05, 3.63) is 35.9 Å². The van der Waals surface area contributed by atoms with Gasteiger partial charge in [0.05, 0.1) is 12.4 Å². The number of rotatable bonds is 6. The third-order valence-electron chi connectivity index (χ3n) is 1.80. The molecule has 15 heavy (non-hydrogen) atoms. The molecule has 0 saturated heterocycles. The number of hydrogen-bond donors (Lipinski definition) is 0. The Morgan fingerprint density at radius 3 is 2.73 bits per heavy atom. The molecule has 0 spiro atoms. The highest BCUT2D eigenvalue weighted by Gasteiger charge is 2.01. The van der Waals surface area contributed by atoms with Crippen LogP contribution in [0.5, 0.6) is 0 Å². The third-order valence-corrected chi connectivity index (χ3v) is 2.78. The molecule has 0 aliphatic heterocycles. The molecule has 0 fully saturated rings. The van der Waals surface area contributed by atoms with Crippen LogP contribution >= 0.6 is 11.8 Å². The summed E-state index contributed by atoms with van der Waals surface area (Å²) >= 11 is 1.59. The van der Waals surface area contributed by atoms with Gasteiger partial charge in [0.1, 0.15) is 0 Å². The average Bonchev–Trinajstić information content (AvgIpc) is 2.28. The van der Waals surface area contributed by atoms with Crippen LogP contribution in [0.3, 0.4) is 0 Å². The van der Waals surface area contributed by atoms with Crippen LogP contribution in [0.4, 0.5) is 0 Å². The van der Waals surface area contributed by atoms with Crippen molar-refractivity contribution in [3.8, 4) is 0 Å². The number of esters is 1. The Bertz CT molecular complexity index is 285. The summed E-state index contributed by atoms with van der Waals surface area (Å²) < 4.78 is 4.97. The minimum Gasteiger partial charge on any atom is -0.465 e. The molecule has 0 N–H and O–H groups in total. The molecular formula is C12H16O2S. The molecule has 1 rings (SSSR count). The zero-order valence-corrected chi connectivity index (χ0v) is 9.76. The van der Waals surface area contributed by atoms with Crippen LogP contribution in [0.1, 0.15) is 18.9 Å². The van der Waals surface area contributed by atoms with Crippen molar-refractivity contribution >= 4 is 17.7 Å². The predicted octanol–water partition coefficient (Wildman–Crippen LogP) is 2.87. The lowest BCUT2D eigenvalue weighted by Crippen LogP contribution is -2.07. The van der Waals surface area contributed by atoms with Crippen molar-refractivity contribution in [2.45, 2.75) is 19.1 Å². The quantitative estimate of drug-likeness (QED) is 0.695. The Morgan fingerprint density at radius 2 is 2.07 bits per heavy atom. The first-order valence-electron chi connectivity index (χ1n) is 5.10. The molecule has 1 aromatic rings. The van der Waals surface area contributed by atoms with Gasteiger partial charge in [-0.2, -0.15) is 0 Å². The number of ether oxygens (including phenoxy) is 1. The zero-order valence-electron chi connectivity index (χ0n) is 8.94. The van der Waals surface area contributed by atoms with E-state index in [1.54, 1.807) is 11.8 Å². The number of carbonyl (C=O) groups is 1. The Balaban J connectivity index is 2.14. The molecule has 0 aliphatic rings. The minimum absolute atomic E-state index is 0.113. The molecule has 0 aromatic heterocycles.